The fourth-order valence-electron chi connectivity index (χ4n) is 5.97. The monoisotopic (exact) mass is 504 g/mol. The van der Waals surface area contributed by atoms with Crippen molar-refractivity contribution in [2.24, 2.45) is 5.41 Å². The average molecular weight is 505 g/mol. The Morgan fingerprint density at radius 1 is 0.972 bits per heavy atom. The second-order valence-electron chi connectivity index (χ2n) is 10.3. The second kappa shape index (κ2) is 9.47. The molecule has 2 fully saturated rings. The summed E-state index contributed by atoms with van der Waals surface area (Å²) in [5, 5.41) is 7.97. The van der Waals surface area contributed by atoms with Crippen molar-refractivity contribution < 1.29 is 4.39 Å². The zero-order valence-corrected chi connectivity index (χ0v) is 21.9. The smallest absolute Gasteiger partial charge is 0.191 e. The number of imidazole rings is 1. The molecule has 6 nitrogen and oxygen atoms in total. The third-order valence-electron chi connectivity index (χ3n) is 8.14. The molecule has 1 aliphatic heterocycles. The number of fused-ring (bicyclic) bond motifs is 1. The van der Waals surface area contributed by atoms with Crippen molar-refractivity contribution in [1.82, 2.24) is 19.6 Å². The fourth-order valence-corrected chi connectivity index (χ4v) is 6.77. The minimum Gasteiger partial charge on any atom is -0.355 e. The van der Waals surface area contributed by atoms with Gasteiger partial charge in [-0.1, -0.05) is 26.2 Å². The summed E-state index contributed by atoms with van der Waals surface area (Å²) in [6.07, 6.45) is 10.4. The first-order valence-corrected chi connectivity index (χ1v) is 14.0. The molecule has 0 bridgehead atoms. The highest BCUT2D eigenvalue weighted by Gasteiger charge is 2.36. The van der Waals surface area contributed by atoms with E-state index in [2.05, 4.69) is 28.9 Å². The van der Waals surface area contributed by atoms with Crippen molar-refractivity contribution >= 4 is 33.8 Å². The summed E-state index contributed by atoms with van der Waals surface area (Å²) >= 11 is 1.57. The molecule has 6 rings (SSSR count). The highest BCUT2D eigenvalue weighted by atomic mass is 32.1. The number of aromatic nitrogens is 4. The Morgan fingerprint density at radius 2 is 1.72 bits per heavy atom. The van der Waals surface area contributed by atoms with Gasteiger partial charge in [-0.05, 0) is 73.9 Å². The van der Waals surface area contributed by atoms with Gasteiger partial charge in [0.05, 0.1) is 11.4 Å². The summed E-state index contributed by atoms with van der Waals surface area (Å²) in [5.74, 6) is 1.73. The summed E-state index contributed by atoms with van der Waals surface area (Å²) < 4.78 is 15.4. The van der Waals surface area contributed by atoms with Crippen LogP contribution in [0.15, 0.2) is 41.8 Å². The Bertz CT molecular complexity index is 1340. The molecule has 1 aliphatic carbocycles. The van der Waals surface area contributed by atoms with E-state index in [4.69, 9.17) is 15.1 Å². The van der Waals surface area contributed by atoms with Crippen LogP contribution in [0.5, 0.6) is 0 Å². The van der Waals surface area contributed by atoms with Gasteiger partial charge < -0.3 is 9.80 Å². The summed E-state index contributed by atoms with van der Waals surface area (Å²) in [7, 11) is 2.03. The summed E-state index contributed by atoms with van der Waals surface area (Å²) in [5.41, 5.74) is 4.17. The van der Waals surface area contributed by atoms with Crippen molar-refractivity contribution in [3.63, 3.8) is 0 Å². The molecule has 188 valence electrons. The molecule has 0 amide bonds. The van der Waals surface area contributed by atoms with E-state index < -0.39 is 0 Å². The van der Waals surface area contributed by atoms with Crippen molar-refractivity contribution in [2.75, 3.05) is 29.9 Å². The Hall–Kier alpha value is -3.00. The maximum atomic E-state index is 13.4. The zero-order chi connectivity index (χ0) is 24.7. The molecule has 0 radical (unpaired) electrons. The Kier molecular flexibility index (Phi) is 6.15. The van der Waals surface area contributed by atoms with Gasteiger partial charge in [-0.15, -0.1) is 16.4 Å². The molecule has 1 spiro atoms. The van der Waals surface area contributed by atoms with Gasteiger partial charge in [0, 0.05) is 31.1 Å². The van der Waals surface area contributed by atoms with E-state index in [9.17, 15) is 4.39 Å². The second-order valence-corrected chi connectivity index (χ2v) is 11.2. The molecule has 1 saturated carbocycles. The van der Waals surface area contributed by atoms with E-state index >= 15 is 0 Å². The first-order valence-electron chi connectivity index (χ1n) is 13.1. The number of rotatable bonds is 5. The van der Waals surface area contributed by atoms with Crippen molar-refractivity contribution in [1.29, 1.82) is 0 Å². The molecular weight excluding hydrogens is 471 g/mol. The number of benzene rings is 1. The SMILES string of the molecule is CCc1nc2ccc(N3CCC4(CCCCC4)CC3)nn2c1N(C)c1nc(-c2ccc(F)cc2)cs1. The van der Waals surface area contributed by atoms with Crippen LogP contribution in [-0.2, 0) is 6.42 Å². The van der Waals surface area contributed by atoms with E-state index in [0.29, 0.717) is 5.41 Å². The molecule has 2 aliphatic rings. The topological polar surface area (TPSA) is 49.6 Å². The maximum Gasteiger partial charge on any atom is 0.191 e. The number of hydrogen-bond donors (Lipinski definition) is 0. The molecule has 1 aromatic carbocycles. The molecule has 8 heteroatoms. The van der Waals surface area contributed by atoms with Crippen molar-refractivity contribution in [3.05, 3.63) is 53.3 Å². The molecule has 36 heavy (non-hydrogen) atoms. The van der Waals surface area contributed by atoms with Crippen LogP contribution in [0.2, 0.25) is 0 Å². The van der Waals surface area contributed by atoms with Crippen LogP contribution in [0.3, 0.4) is 0 Å². The molecular formula is C28H33FN6S. The van der Waals surface area contributed by atoms with Crippen LogP contribution in [0.1, 0.15) is 57.6 Å². The first-order chi connectivity index (χ1) is 17.5. The number of aryl methyl sites for hydroxylation is 1. The zero-order valence-electron chi connectivity index (χ0n) is 21.1. The third kappa shape index (κ3) is 4.25. The minimum absolute atomic E-state index is 0.242. The maximum absolute atomic E-state index is 13.4. The summed E-state index contributed by atoms with van der Waals surface area (Å²) in [6.45, 7) is 4.28. The first kappa shape index (κ1) is 23.4. The summed E-state index contributed by atoms with van der Waals surface area (Å²) in [6, 6.07) is 10.7. The van der Waals surface area contributed by atoms with E-state index in [1.54, 1.807) is 23.5 Å². The highest BCUT2D eigenvalue weighted by Crippen LogP contribution is 2.45. The predicted octanol–water partition coefficient (Wildman–Crippen LogP) is 6.87. The molecule has 4 heterocycles. The average Bonchev–Trinajstić information content (AvgIpc) is 3.55. The molecule has 0 N–H and O–H groups in total. The number of nitrogens with zero attached hydrogens (tertiary/aromatic N) is 6. The van der Waals surface area contributed by atoms with Crippen LogP contribution in [0.4, 0.5) is 21.2 Å². The van der Waals surface area contributed by atoms with Crippen LogP contribution < -0.4 is 9.80 Å². The lowest BCUT2D eigenvalue weighted by Crippen LogP contribution is -2.41. The normalized spacial score (nSPS) is 17.7. The van der Waals surface area contributed by atoms with Gasteiger partial charge >= 0.3 is 0 Å². The van der Waals surface area contributed by atoms with Gasteiger partial charge in [-0.25, -0.2) is 14.4 Å². The fraction of sp³-hybridized carbons (Fsp3) is 0.464. The van der Waals surface area contributed by atoms with Gasteiger partial charge in [0.2, 0.25) is 0 Å². The number of hydrogen-bond acceptors (Lipinski definition) is 6. The van der Waals surface area contributed by atoms with Gasteiger partial charge in [0.15, 0.2) is 16.6 Å². The molecule has 3 aromatic heterocycles. The van der Waals surface area contributed by atoms with E-state index in [1.807, 2.05) is 16.9 Å². The number of thiazole rings is 1. The quantitative estimate of drug-likeness (QED) is 0.297. The molecule has 1 saturated heterocycles. The number of anilines is 3. The lowest BCUT2D eigenvalue weighted by Gasteiger charge is -2.44. The van der Waals surface area contributed by atoms with Crippen LogP contribution in [0.25, 0.3) is 16.9 Å². The molecule has 0 unspecified atom stereocenters. The standard InChI is InChI=1S/C28H33FN6S/c1-3-22-26(33(2)27-31-23(19-36-27)20-7-9-21(29)10-8-20)35-24(30-22)11-12-25(32-35)34-17-15-28(16-18-34)13-5-4-6-14-28/h7-12,19H,3-6,13-18H2,1-2H3. The molecule has 4 aromatic rings. The number of halogens is 1. The third-order valence-corrected chi connectivity index (χ3v) is 9.06. The van der Waals surface area contributed by atoms with Gasteiger partial charge in [-0.3, -0.25) is 0 Å². The number of piperidine rings is 1. The van der Waals surface area contributed by atoms with Gasteiger partial charge in [0.1, 0.15) is 11.6 Å². The highest BCUT2D eigenvalue weighted by molar-refractivity contribution is 7.14. The van der Waals surface area contributed by atoms with Crippen LogP contribution in [0, 0.1) is 11.2 Å². The minimum atomic E-state index is -0.242. The molecule has 0 atom stereocenters. The largest absolute Gasteiger partial charge is 0.355 e. The van der Waals surface area contributed by atoms with Crippen molar-refractivity contribution in [2.45, 2.75) is 58.3 Å². The Labute approximate surface area is 215 Å². The van der Waals surface area contributed by atoms with E-state index in [0.717, 1.165) is 58.9 Å². The summed E-state index contributed by atoms with van der Waals surface area (Å²) in [4.78, 5) is 14.3. The predicted molar refractivity (Wildman–Crippen MR) is 145 cm³/mol. The van der Waals surface area contributed by atoms with Gasteiger partial charge in [-0.2, -0.15) is 4.52 Å². The van der Waals surface area contributed by atoms with Crippen LogP contribution in [-0.4, -0.2) is 39.7 Å². The Morgan fingerprint density at radius 3 is 2.44 bits per heavy atom. The Balaban J connectivity index is 1.29. The lowest BCUT2D eigenvalue weighted by atomic mass is 9.68. The lowest BCUT2D eigenvalue weighted by molar-refractivity contribution is 0.144. The van der Waals surface area contributed by atoms with E-state index in [1.165, 1.54) is 57.1 Å². The van der Waals surface area contributed by atoms with Crippen molar-refractivity contribution in [3.8, 4) is 11.3 Å². The van der Waals surface area contributed by atoms with E-state index in [-0.39, 0.29) is 5.82 Å². The van der Waals surface area contributed by atoms with Gasteiger partial charge in [0.25, 0.3) is 0 Å². The van der Waals surface area contributed by atoms with Crippen LogP contribution >= 0.6 is 11.3 Å².